The van der Waals surface area contributed by atoms with Crippen molar-refractivity contribution < 1.29 is 0 Å². The molecule has 82 valence electrons. The Hall–Kier alpha value is -1.60. The number of nitriles is 1. The molecule has 16 heavy (non-hydrogen) atoms. The van der Waals surface area contributed by atoms with Gasteiger partial charge in [0.2, 0.25) is 0 Å². The number of hydrogen-bond acceptors (Lipinski definition) is 3. The van der Waals surface area contributed by atoms with Gasteiger partial charge in [-0.25, -0.2) is 0 Å². The zero-order valence-corrected chi connectivity index (χ0v) is 10.2. The zero-order valence-electron chi connectivity index (χ0n) is 9.34. The summed E-state index contributed by atoms with van der Waals surface area (Å²) in [4.78, 5) is 0. The van der Waals surface area contributed by atoms with E-state index in [9.17, 15) is 0 Å². The highest BCUT2D eigenvalue weighted by Crippen LogP contribution is 2.23. The van der Waals surface area contributed by atoms with Gasteiger partial charge in [0, 0.05) is 17.0 Å². The fourth-order valence-corrected chi connectivity index (χ4v) is 2.29. The van der Waals surface area contributed by atoms with E-state index in [1.165, 1.54) is 0 Å². The molecule has 0 fully saturated rings. The summed E-state index contributed by atoms with van der Waals surface area (Å²) in [6.45, 7) is 4.15. The molecule has 0 bridgehead atoms. The maximum Gasteiger partial charge on any atom is 0.0934 e. The molecule has 0 saturated heterocycles. The number of nitrogens with zero attached hydrogens (tertiary/aromatic N) is 3. The topological polar surface area (TPSA) is 41.6 Å². The van der Waals surface area contributed by atoms with Gasteiger partial charge in [-0.2, -0.15) is 21.7 Å². The van der Waals surface area contributed by atoms with Crippen LogP contribution in [0.25, 0.3) is 11.3 Å². The molecule has 0 N–H and O–H groups in total. The molecule has 0 aliphatic rings. The molecule has 0 saturated carbocycles. The van der Waals surface area contributed by atoms with Crippen molar-refractivity contribution in [2.75, 3.05) is 0 Å². The molecule has 2 aromatic rings. The highest BCUT2D eigenvalue weighted by molar-refractivity contribution is 7.08. The molecule has 2 heterocycles. The molecule has 2 rings (SSSR count). The van der Waals surface area contributed by atoms with E-state index in [0.717, 1.165) is 17.0 Å². The number of aromatic nitrogens is 2. The minimum absolute atomic E-state index is 0.288. The second-order valence-electron chi connectivity index (χ2n) is 3.91. The Balaban J connectivity index is 2.43. The van der Waals surface area contributed by atoms with E-state index in [2.05, 4.69) is 30.4 Å². The van der Waals surface area contributed by atoms with Crippen molar-refractivity contribution in [2.24, 2.45) is 0 Å². The largest absolute Gasteiger partial charge is 0.265 e. The van der Waals surface area contributed by atoms with Crippen LogP contribution in [-0.4, -0.2) is 9.78 Å². The Morgan fingerprint density at radius 2 is 2.38 bits per heavy atom. The third kappa shape index (κ3) is 2.00. The summed E-state index contributed by atoms with van der Waals surface area (Å²) in [5.41, 5.74) is 3.07. The first-order valence-corrected chi connectivity index (χ1v) is 6.14. The van der Waals surface area contributed by atoms with Gasteiger partial charge in [-0.1, -0.05) is 0 Å². The molecule has 0 spiro atoms. The van der Waals surface area contributed by atoms with Crippen LogP contribution < -0.4 is 0 Å². The molecule has 0 unspecified atom stereocenters. The summed E-state index contributed by atoms with van der Waals surface area (Å²) < 4.78 is 1.93. The highest BCUT2D eigenvalue weighted by atomic mass is 32.1. The van der Waals surface area contributed by atoms with Gasteiger partial charge < -0.3 is 0 Å². The zero-order chi connectivity index (χ0) is 11.5. The van der Waals surface area contributed by atoms with Crippen LogP contribution in [0.5, 0.6) is 0 Å². The van der Waals surface area contributed by atoms with Crippen molar-refractivity contribution >= 4 is 11.3 Å². The van der Waals surface area contributed by atoms with E-state index < -0.39 is 0 Å². The third-order valence-corrected chi connectivity index (χ3v) is 3.06. The van der Waals surface area contributed by atoms with Gasteiger partial charge in [0.1, 0.15) is 0 Å². The Morgan fingerprint density at radius 3 is 2.94 bits per heavy atom. The van der Waals surface area contributed by atoms with Crippen molar-refractivity contribution in [1.82, 2.24) is 9.78 Å². The van der Waals surface area contributed by atoms with Crippen molar-refractivity contribution in [3.8, 4) is 17.3 Å². The first-order valence-electron chi connectivity index (χ1n) is 5.20. The Morgan fingerprint density at radius 1 is 1.56 bits per heavy atom. The molecular weight excluding hydrogens is 218 g/mol. The lowest BCUT2D eigenvalue weighted by atomic mass is 10.2. The van der Waals surface area contributed by atoms with Gasteiger partial charge in [0.05, 0.1) is 23.9 Å². The van der Waals surface area contributed by atoms with Gasteiger partial charge in [0.15, 0.2) is 0 Å². The first kappa shape index (κ1) is 10.9. The minimum Gasteiger partial charge on any atom is -0.265 e. The summed E-state index contributed by atoms with van der Waals surface area (Å²) >= 11 is 1.66. The quantitative estimate of drug-likeness (QED) is 0.813. The van der Waals surface area contributed by atoms with Crippen molar-refractivity contribution in [1.29, 1.82) is 5.26 Å². The van der Waals surface area contributed by atoms with E-state index in [-0.39, 0.29) is 6.04 Å². The van der Waals surface area contributed by atoms with Gasteiger partial charge in [-0.3, -0.25) is 4.68 Å². The Kier molecular flexibility index (Phi) is 3.07. The molecule has 4 heteroatoms. The van der Waals surface area contributed by atoms with Crippen molar-refractivity contribution in [3.05, 3.63) is 28.6 Å². The van der Waals surface area contributed by atoms with Crippen molar-refractivity contribution in [2.45, 2.75) is 26.3 Å². The maximum absolute atomic E-state index is 8.78. The molecule has 0 aliphatic carbocycles. The van der Waals surface area contributed by atoms with Crippen LogP contribution in [0.3, 0.4) is 0 Å². The lowest BCUT2D eigenvalue weighted by Crippen LogP contribution is -2.06. The average Bonchev–Trinajstić information content (AvgIpc) is 2.83. The molecule has 3 nitrogen and oxygen atoms in total. The molecule has 2 aromatic heterocycles. The molecule has 0 amide bonds. The Bertz CT molecular complexity index is 503. The maximum atomic E-state index is 8.78. The molecule has 0 atom stereocenters. The highest BCUT2D eigenvalue weighted by Gasteiger charge is 2.11. The second-order valence-corrected chi connectivity index (χ2v) is 4.69. The van der Waals surface area contributed by atoms with Gasteiger partial charge >= 0.3 is 0 Å². The monoisotopic (exact) mass is 231 g/mol. The van der Waals surface area contributed by atoms with Crippen LogP contribution >= 0.6 is 11.3 Å². The molecule has 0 aromatic carbocycles. The lowest BCUT2D eigenvalue weighted by Gasteiger charge is -2.07. The van der Waals surface area contributed by atoms with E-state index in [0.29, 0.717) is 6.42 Å². The molecular formula is C12H13N3S. The standard InChI is InChI=1S/C12H13N3S/c1-9(2)15-11(3-5-13)7-12(14-15)10-4-6-16-8-10/h4,6-9H,3H2,1-2H3. The normalized spacial score (nSPS) is 10.6. The second kappa shape index (κ2) is 4.50. The summed E-state index contributed by atoms with van der Waals surface area (Å²) in [5, 5.41) is 17.4. The van der Waals surface area contributed by atoms with E-state index in [1.807, 2.05) is 22.2 Å². The fourth-order valence-electron chi connectivity index (χ4n) is 1.64. The minimum atomic E-state index is 0.288. The predicted molar refractivity (Wildman–Crippen MR) is 65.2 cm³/mol. The fraction of sp³-hybridized carbons (Fsp3) is 0.333. The van der Waals surface area contributed by atoms with Gasteiger partial charge in [0.25, 0.3) is 0 Å². The predicted octanol–water partition coefficient (Wildman–Crippen LogP) is 3.26. The lowest BCUT2D eigenvalue weighted by molar-refractivity contribution is 0.516. The Labute approximate surface area is 99.0 Å². The molecule has 0 aliphatic heterocycles. The number of thiophene rings is 1. The summed E-state index contributed by atoms with van der Waals surface area (Å²) in [6, 6.07) is 6.52. The number of rotatable bonds is 3. The van der Waals surface area contributed by atoms with Crippen LogP contribution in [-0.2, 0) is 6.42 Å². The smallest absolute Gasteiger partial charge is 0.0934 e. The van der Waals surface area contributed by atoms with Gasteiger partial charge in [-0.15, -0.1) is 0 Å². The van der Waals surface area contributed by atoms with Crippen LogP contribution in [0, 0.1) is 11.3 Å². The van der Waals surface area contributed by atoms with Crippen molar-refractivity contribution in [3.63, 3.8) is 0 Å². The van der Waals surface area contributed by atoms with E-state index >= 15 is 0 Å². The summed E-state index contributed by atoms with van der Waals surface area (Å²) in [7, 11) is 0. The van der Waals surface area contributed by atoms with E-state index in [1.54, 1.807) is 11.3 Å². The number of hydrogen-bond donors (Lipinski definition) is 0. The van der Waals surface area contributed by atoms with Crippen LogP contribution in [0.15, 0.2) is 22.9 Å². The van der Waals surface area contributed by atoms with Crippen LogP contribution in [0.1, 0.15) is 25.6 Å². The van der Waals surface area contributed by atoms with Crippen LogP contribution in [0.2, 0.25) is 0 Å². The SMILES string of the molecule is CC(C)n1nc(-c2ccsc2)cc1CC#N. The average molecular weight is 231 g/mol. The summed E-state index contributed by atoms with van der Waals surface area (Å²) in [5.74, 6) is 0. The molecule has 0 radical (unpaired) electrons. The first-order chi connectivity index (χ1) is 7.72. The van der Waals surface area contributed by atoms with Crippen LogP contribution in [0.4, 0.5) is 0 Å². The summed E-state index contributed by atoms with van der Waals surface area (Å²) in [6.07, 6.45) is 0.412. The third-order valence-electron chi connectivity index (χ3n) is 2.38. The van der Waals surface area contributed by atoms with E-state index in [4.69, 9.17) is 5.26 Å². The van der Waals surface area contributed by atoms with Gasteiger partial charge in [-0.05, 0) is 31.4 Å².